The number of anilines is 2. The van der Waals surface area contributed by atoms with Crippen LogP contribution in [0, 0.1) is 0 Å². The molecule has 1 saturated heterocycles. The molecule has 0 amide bonds. The number of nitrogens with zero attached hydrogens (tertiary/aromatic N) is 3. The van der Waals surface area contributed by atoms with E-state index in [1.807, 2.05) is 4.90 Å². The fraction of sp³-hybridized carbons (Fsp3) is 0.444. The number of aldehydes is 1. The number of carbonyl (C=O) groups excluding carboxylic acids is 1. The molecule has 0 unspecified atom stereocenters. The molecule has 0 spiro atoms. The van der Waals surface area contributed by atoms with Gasteiger partial charge < -0.3 is 16.0 Å². The number of halogens is 1. The van der Waals surface area contributed by atoms with E-state index in [9.17, 15) is 4.79 Å². The maximum atomic E-state index is 10.9. The van der Waals surface area contributed by atoms with Crippen LogP contribution in [0.1, 0.15) is 10.4 Å². The Morgan fingerprint density at radius 2 is 2.06 bits per heavy atom. The number of piperazine rings is 1. The number of aromatic nitrogens is 2. The average molecular weight is 244 g/mol. The smallest absolute Gasteiger partial charge is 0.157 e. The summed E-state index contributed by atoms with van der Waals surface area (Å²) in [6, 6.07) is 0. The zero-order chi connectivity index (χ0) is 10.7. The average Bonchev–Trinajstić information content (AvgIpc) is 2.30. The SMILES string of the molecule is Cl.Nc1ncnc(N2CCNCC2)c1C=O. The predicted molar refractivity (Wildman–Crippen MR) is 64.2 cm³/mol. The summed E-state index contributed by atoms with van der Waals surface area (Å²) in [5.41, 5.74) is 6.00. The topological polar surface area (TPSA) is 84.1 Å². The minimum Gasteiger partial charge on any atom is -0.383 e. The second kappa shape index (κ2) is 5.62. The molecule has 1 aromatic heterocycles. The summed E-state index contributed by atoms with van der Waals surface area (Å²) in [4.78, 5) is 20.8. The zero-order valence-electron chi connectivity index (χ0n) is 8.72. The van der Waals surface area contributed by atoms with Crippen molar-refractivity contribution in [1.29, 1.82) is 0 Å². The Labute approximate surface area is 99.7 Å². The molecule has 6 nitrogen and oxygen atoms in total. The van der Waals surface area contributed by atoms with Crippen LogP contribution in [-0.4, -0.2) is 42.4 Å². The molecule has 1 aliphatic heterocycles. The van der Waals surface area contributed by atoms with E-state index in [0.717, 1.165) is 26.2 Å². The highest BCUT2D eigenvalue weighted by molar-refractivity contribution is 5.88. The maximum Gasteiger partial charge on any atom is 0.157 e. The Balaban J connectivity index is 0.00000128. The molecule has 1 aliphatic rings. The van der Waals surface area contributed by atoms with Gasteiger partial charge in [0.1, 0.15) is 18.0 Å². The molecule has 16 heavy (non-hydrogen) atoms. The Bertz CT molecular complexity index is 367. The summed E-state index contributed by atoms with van der Waals surface area (Å²) in [7, 11) is 0. The molecule has 0 atom stereocenters. The fourth-order valence-electron chi connectivity index (χ4n) is 1.64. The molecule has 1 fully saturated rings. The number of hydrogen-bond donors (Lipinski definition) is 2. The Morgan fingerprint density at radius 3 is 2.69 bits per heavy atom. The molecule has 2 heterocycles. The van der Waals surface area contributed by atoms with Crippen LogP contribution >= 0.6 is 12.4 Å². The van der Waals surface area contributed by atoms with Gasteiger partial charge >= 0.3 is 0 Å². The summed E-state index contributed by atoms with van der Waals surface area (Å²) >= 11 is 0. The summed E-state index contributed by atoms with van der Waals surface area (Å²) < 4.78 is 0. The number of carbonyl (C=O) groups is 1. The van der Waals surface area contributed by atoms with Gasteiger partial charge in [-0.05, 0) is 0 Å². The van der Waals surface area contributed by atoms with E-state index in [0.29, 0.717) is 17.7 Å². The van der Waals surface area contributed by atoms with E-state index in [-0.39, 0.29) is 18.2 Å². The third kappa shape index (κ3) is 2.40. The van der Waals surface area contributed by atoms with Gasteiger partial charge in [0.2, 0.25) is 0 Å². The standard InChI is InChI=1S/C9H13N5O.ClH/c10-8-7(5-15)9(13-6-12-8)14-3-1-11-2-4-14;/h5-6,11H,1-4H2,(H2,10,12,13);1H. The molecule has 1 aromatic rings. The fourth-order valence-corrected chi connectivity index (χ4v) is 1.64. The second-order valence-corrected chi connectivity index (χ2v) is 3.35. The molecule has 0 saturated carbocycles. The first kappa shape index (κ1) is 12.7. The third-order valence-corrected chi connectivity index (χ3v) is 2.43. The summed E-state index contributed by atoms with van der Waals surface area (Å²) in [6.07, 6.45) is 2.10. The van der Waals surface area contributed by atoms with Gasteiger partial charge in [-0.15, -0.1) is 12.4 Å². The first-order valence-corrected chi connectivity index (χ1v) is 4.84. The van der Waals surface area contributed by atoms with Crippen molar-refractivity contribution in [2.24, 2.45) is 0 Å². The highest BCUT2D eigenvalue weighted by Gasteiger charge is 2.17. The van der Waals surface area contributed by atoms with Crippen LogP contribution in [0.25, 0.3) is 0 Å². The first-order chi connectivity index (χ1) is 7.33. The van der Waals surface area contributed by atoms with E-state index >= 15 is 0 Å². The lowest BCUT2D eigenvalue weighted by Crippen LogP contribution is -2.44. The van der Waals surface area contributed by atoms with E-state index in [2.05, 4.69) is 15.3 Å². The molecule has 0 aliphatic carbocycles. The minimum absolute atomic E-state index is 0. The van der Waals surface area contributed by atoms with E-state index < -0.39 is 0 Å². The van der Waals surface area contributed by atoms with E-state index in [1.165, 1.54) is 6.33 Å². The molecular weight excluding hydrogens is 230 g/mol. The number of nitrogens with one attached hydrogen (secondary N) is 1. The molecule has 88 valence electrons. The van der Waals surface area contributed by atoms with Crippen LogP contribution in [-0.2, 0) is 0 Å². The van der Waals surface area contributed by atoms with Crippen LogP contribution < -0.4 is 16.0 Å². The quantitative estimate of drug-likeness (QED) is 0.694. The Morgan fingerprint density at radius 1 is 1.38 bits per heavy atom. The lowest BCUT2D eigenvalue weighted by atomic mass is 10.2. The van der Waals surface area contributed by atoms with Gasteiger partial charge in [0.25, 0.3) is 0 Å². The summed E-state index contributed by atoms with van der Waals surface area (Å²) in [5.74, 6) is 0.882. The van der Waals surface area contributed by atoms with Crippen molar-refractivity contribution in [2.75, 3.05) is 36.8 Å². The Kier molecular flexibility index (Phi) is 4.45. The van der Waals surface area contributed by atoms with Gasteiger partial charge in [-0.3, -0.25) is 4.79 Å². The third-order valence-electron chi connectivity index (χ3n) is 2.43. The Hall–Kier alpha value is -1.40. The molecule has 7 heteroatoms. The maximum absolute atomic E-state index is 10.9. The monoisotopic (exact) mass is 243 g/mol. The normalized spacial score (nSPS) is 15.4. The highest BCUT2D eigenvalue weighted by atomic mass is 35.5. The van der Waals surface area contributed by atoms with Crippen molar-refractivity contribution in [1.82, 2.24) is 15.3 Å². The molecule has 0 radical (unpaired) electrons. The van der Waals surface area contributed by atoms with Crippen LogP contribution in [0.15, 0.2) is 6.33 Å². The van der Waals surface area contributed by atoms with Gasteiger partial charge in [-0.25, -0.2) is 9.97 Å². The van der Waals surface area contributed by atoms with Crippen molar-refractivity contribution in [3.63, 3.8) is 0 Å². The van der Waals surface area contributed by atoms with Gasteiger partial charge in [-0.2, -0.15) is 0 Å². The number of nitrogen functional groups attached to an aromatic ring is 1. The molecular formula is C9H14ClN5O. The van der Waals surface area contributed by atoms with Crippen LogP contribution in [0.2, 0.25) is 0 Å². The van der Waals surface area contributed by atoms with Crippen molar-refractivity contribution in [3.05, 3.63) is 11.9 Å². The van der Waals surface area contributed by atoms with Gasteiger partial charge in [0.15, 0.2) is 6.29 Å². The van der Waals surface area contributed by atoms with Crippen molar-refractivity contribution in [3.8, 4) is 0 Å². The van der Waals surface area contributed by atoms with Crippen LogP contribution in [0.3, 0.4) is 0 Å². The van der Waals surface area contributed by atoms with Crippen molar-refractivity contribution in [2.45, 2.75) is 0 Å². The largest absolute Gasteiger partial charge is 0.383 e. The highest BCUT2D eigenvalue weighted by Crippen LogP contribution is 2.19. The summed E-state index contributed by atoms with van der Waals surface area (Å²) in [5, 5.41) is 3.23. The lowest BCUT2D eigenvalue weighted by molar-refractivity contribution is 0.112. The zero-order valence-corrected chi connectivity index (χ0v) is 9.54. The second-order valence-electron chi connectivity index (χ2n) is 3.35. The van der Waals surface area contributed by atoms with Gasteiger partial charge in [0, 0.05) is 26.2 Å². The number of rotatable bonds is 2. The molecule has 0 bridgehead atoms. The predicted octanol–water partition coefficient (Wildman–Crippen LogP) is -0.297. The number of hydrogen-bond acceptors (Lipinski definition) is 6. The van der Waals surface area contributed by atoms with Crippen molar-refractivity contribution < 1.29 is 4.79 Å². The van der Waals surface area contributed by atoms with Crippen molar-refractivity contribution >= 4 is 30.3 Å². The lowest BCUT2D eigenvalue weighted by Gasteiger charge is -2.29. The molecule has 0 aromatic carbocycles. The van der Waals surface area contributed by atoms with Crippen LogP contribution in [0.5, 0.6) is 0 Å². The van der Waals surface area contributed by atoms with Gasteiger partial charge in [-0.1, -0.05) is 0 Å². The van der Waals surface area contributed by atoms with Gasteiger partial charge in [0.05, 0.1) is 5.56 Å². The van der Waals surface area contributed by atoms with Crippen LogP contribution in [0.4, 0.5) is 11.6 Å². The van der Waals surface area contributed by atoms with E-state index in [4.69, 9.17) is 5.73 Å². The molecule has 3 N–H and O–H groups in total. The summed E-state index contributed by atoms with van der Waals surface area (Å²) in [6.45, 7) is 3.44. The van der Waals surface area contributed by atoms with E-state index in [1.54, 1.807) is 0 Å². The first-order valence-electron chi connectivity index (χ1n) is 4.84. The molecule has 2 rings (SSSR count). The number of nitrogens with two attached hydrogens (primary N) is 1. The minimum atomic E-state index is 0.